The Balaban J connectivity index is 1.34. The molecule has 3 aromatic rings. The fourth-order valence-corrected chi connectivity index (χ4v) is 7.59. The molecule has 0 bridgehead atoms. The number of carbonyl (C=O) groups excluding carboxylic acids is 1. The van der Waals surface area contributed by atoms with Crippen molar-refractivity contribution in [3.8, 4) is 11.1 Å². The number of hydrogen-bond acceptors (Lipinski definition) is 7. The monoisotopic (exact) mass is 550 g/mol. The van der Waals surface area contributed by atoms with Crippen molar-refractivity contribution in [3.63, 3.8) is 0 Å². The van der Waals surface area contributed by atoms with Crippen molar-refractivity contribution in [1.29, 1.82) is 0 Å². The van der Waals surface area contributed by atoms with Gasteiger partial charge in [0.2, 0.25) is 15.9 Å². The molecule has 2 aromatic heterocycles. The number of sulfonamides is 1. The molecular formula is C28H31FN6O3S. The summed E-state index contributed by atoms with van der Waals surface area (Å²) in [5.74, 6) is 0.139. The van der Waals surface area contributed by atoms with Crippen molar-refractivity contribution in [2.75, 3.05) is 48.8 Å². The third-order valence-electron chi connectivity index (χ3n) is 8.98. The highest BCUT2D eigenvalue weighted by atomic mass is 32.2. The largest absolute Gasteiger partial charge is 0.352 e. The number of halogens is 1. The number of rotatable bonds is 6. The van der Waals surface area contributed by atoms with Crippen LogP contribution in [0.15, 0.2) is 30.6 Å². The van der Waals surface area contributed by atoms with E-state index in [2.05, 4.69) is 19.6 Å². The van der Waals surface area contributed by atoms with Gasteiger partial charge in [0.05, 0.1) is 33.8 Å². The number of fused-ring (bicyclic) bond motifs is 4. The SMILES string of the molecule is CN1C(=O)C2(CCC2)c2c1cnc1cc(F)c(-c3cnc(N4CC(N(C)C)C4)c(NS(=O)(=O)C4CC4)c3)cc21. The molecule has 1 N–H and O–H groups in total. The topological polar surface area (TPSA) is 98.7 Å². The summed E-state index contributed by atoms with van der Waals surface area (Å²) in [5.41, 5.74) is 2.74. The third-order valence-corrected chi connectivity index (χ3v) is 10.8. The molecule has 1 saturated heterocycles. The van der Waals surface area contributed by atoms with E-state index in [1.807, 2.05) is 19.0 Å². The van der Waals surface area contributed by atoms with E-state index in [4.69, 9.17) is 0 Å². The van der Waals surface area contributed by atoms with Crippen molar-refractivity contribution in [2.24, 2.45) is 0 Å². The molecule has 3 fully saturated rings. The van der Waals surface area contributed by atoms with Crippen LogP contribution in [0, 0.1) is 5.82 Å². The Bertz CT molecular complexity index is 1640. The fraction of sp³-hybridized carbons (Fsp3) is 0.464. The number of carbonyl (C=O) groups is 1. The average Bonchev–Trinajstić information content (AvgIpc) is 3.65. The molecule has 2 aliphatic carbocycles. The summed E-state index contributed by atoms with van der Waals surface area (Å²) >= 11 is 0. The van der Waals surface area contributed by atoms with E-state index < -0.39 is 26.5 Å². The number of anilines is 3. The Morgan fingerprint density at radius 3 is 2.49 bits per heavy atom. The standard InChI is InChI=1S/C28H31FN6O3S/c1-33(2)17-14-35(15-17)26-23(32-39(37,38)18-5-6-18)9-16(12-31-26)19-10-20-22(11-21(19)29)30-13-24-25(20)28(7-4-8-28)27(36)34(24)3/h9-13,17-18,32H,4-8,14-15H2,1-3H3. The number of likely N-dealkylation sites (N-methyl/N-ethyl adjacent to an activating group) is 2. The highest BCUT2D eigenvalue weighted by Crippen LogP contribution is 2.55. The lowest BCUT2D eigenvalue weighted by Crippen LogP contribution is -2.57. The van der Waals surface area contributed by atoms with Crippen LogP contribution in [-0.2, 0) is 20.2 Å². The van der Waals surface area contributed by atoms with Gasteiger partial charge in [0.25, 0.3) is 0 Å². The van der Waals surface area contributed by atoms with Crippen LogP contribution < -0.4 is 14.5 Å². The lowest BCUT2D eigenvalue weighted by atomic mass is 9.64. The van der Waals surface area contributed by atoms with E-state index in [0.29, 0.717) is 47.0 Å². The number of amides is 1. The van der Waals surface area contributed by atoms with E-state index >= 15 is 4.39 Å². The van der Waals surface area contributed by atoms with E-state index in [-0.39, 0.29) is 5.91 Å². The van der Waals surface area contributed by atoms with Crippen molar-refractivity contribution < 1.29 is 17.6 Å². The van der Waals surface area contributed by atoms with Crippen molar-refractivity contribution in [2.45, 2.75) is 48.8 Å². The van der Waals surface area contributed by atoms with Crippen LogP contribution in [0.2, 0.25) is 0 Å². The minimum atomic E-state index is -3.56. The molecule has 0 atom stereocenters. The van der Waals surface area contributed by atoms with Gasteiger partial charge in [-0.15, -0.1) is 0 Å². The first-order valence-electron chi connectivity index (χ1n) is 13.4. The second kappa shape index (κ2) is 8.34. The van der Waals surface area contributed by atoms with E-state index in [1.54, 1.807) is 36.5 Å². The van der Waals surface area contributed by atoms with Gasteiger partial charge in [0.15, 0.2) is 5.82 Å². The van der Waals surface area contributed by atoms with E-state index in [0.717, 1.165) is 49.0 Å². The van der Waals surface area contributed by atoms with Crippen LogP contribution in [0.1, 0.15) is 37.7 Å². The maximum absolute atomic E-state index is 15.6. The molecule has 204 valence electrons. The zero-order valence-electron chi connectivity index (χ0n) is 22.2. The van der Waals surface area contributed by atoms with Crippen LogP contribution >= 0.6 is 0 Å². The number of aromatic nitrogens is 2. The third kappa shape index (κ3) is 3.66. The molecule has 9 nitrogen and oxygen atoms in total. The molecule has 0 unspecified atom stereocenters. The maximum Gasteiger partial charge on any atom is 0.237 e. The van der Waals surface area contributed by atoms with Gasteiger partial charge in [-0.1, -0.05) is 6.42 Å². The molecule has 4 heterocycles. The highest BCUT2D eigenvalue weighted by Gasteiger charge is 2.54. The first-order valence-corrected chi connectivity index (χ1v) is 15.0. The summed E-state index contributed by atoms with van der Waals surface area (Å²) in [7, 11) is 2.24. The predicted octanol–water partition coefficient (Wildman–Crippen LogP) is 3.49. The molecule has 11 heteroatoms. The Morgan fingerprint density at radius 1 is 1.10 bits per heavy atom. The number of nitrogens with one attached hydrogen (secondary N) is 1. The smallest absolute Gasteiger partial charge is 0.237 e. The summed E-state index contributed by atoms with van der Waals surface area (Å²) in [4.78, 5) is 28.2. The molecule has 0 radical (unpaired) electrons. The number of benzene rings is 1. The average molecular weight is 551 g/mol. The Hall–Kier alpha value is -3.31. The zero-order valence-corrected chi connectivity index (χ0v) is 23.1. The van der Waals surface area contributed by atoms with Crippen LogP contribution in [0.3, 0.4) is 0 Å². The van der Waals surface area contributed by atoms with Gasteiger partial charge in [-0.2, -0.15) is 0 Å². The molecule has 4 aliphatic rings. The second-order valence-electron chi connectivity index (χ2n) is 11.6. The molecule has 1 amide bonds. The van der Waals surface area contributed by atoms with Gasteiger partial charge >= 0.3 is 0 Å². The van der Waals surface area contributed by atoms with E-state index in [1.165, 1.54) is 6.07 Å². The van der Waals surface area contributed by atoms with Crippen LogP contribution in [-0.4, -0.2) is 74.7 Å². The Labute approximate surface area is 227 Å². The fourth-order valence-electron chi connectivity index (χ4n) is 6.21. The minimum absolute atomic E-state index is 0.0669. The maximum atomic E-state index is 15.6. The number of pyridine rings is 2. The Morgan fingerprint density at radius 2 is 1.85 bits per heavy atom. The summed E-state index contributed by atoms with van der Waals surface area (Å²) in [6.07, 6.45) is 7.04. The van der Waals surface area contributed by atoms with Crippen molar-refractivity contribution in [3.05, 3.63) is 42.0 Å². The number of nitrogens with zero attached hydrogens (tertiary/aromatic N) is 5. The summed E-state index contributed by atoms with van der Waals surface area (Å²) in [5, 5.41) is 0.348. The highest BCUT2D eigenvalue weighted by molar-refractivity contribution is 7.93. The lowest BCUT2D eigenvalue weighted by Gasteiger charge is -2.44. The molecule has 39 heavy (non-hydrogen) atoms. The summed E-state index contributed by atoms with van der Waals surface area (Å²) < 4.78 is 44.2. The van der Waals surface area contributed by atoms with Gasteiger partial charge in [0.1, 0.15) is 5.82 Å². The Kier molecular flexibility index (Phi) is 5.29. The van der Waals surface area contributed by atoms with Crippen LogP contribution in [0.25, 0.3) is 22.0 Å². The van der Waals surface area contributed by atoms with Gasteiger partial charge in [-0.25, -0.2) is 17.8 Å². The summed E-state index contributed by atoms with van der Waals surface area (Å²) in [6, 6.07) is 5.19. The second-order valence-corrected chi connectivity index (χ2v) is 13.6. The molecule has 1 spiro atoms. The number of hydrogen-bond donors (Lipinski definition) is 1. The molecule has 2 saturated carbocycles. The molecule has 7 rings (SSSR count). The van der Waals surface area contributed by atoms with Crippen LogP contribution in [0.5, 0.6) is 0 Å². The first kappa shape index (κ1) is 24.7. The van der Waals surface area contributed by atoms with Gasteiger partial charge in [-0.05, 0) is 51.9 Å². The van der Waals surface area contributed by atoms with Crippen LogP contribution in [0.4, 0.5) is 21.6 Å². The van der Waals surface area contributed by atoms with Gasteiger partial charge in [0, 0.05) is 60.5 Å². The van der Waals surface area contributed by atoms with Gasteiger partial charge in [-0.3, -0.25) is 14.5 Å². The molecule has 2 aliphatic heterocycles. The lowest BCUT2D eigenvalue weighted by molar-refractivity contribution is -0.125. The van der Waals surface area contributed by atoms with Crippen molar-refractivity contribution in [1.82, 2.24) is 14.9 Å². The molecular weight excluding hydrogens is 519 g/mol. The van der Waals surface area contributed by atoms with E-state index in [9.17, 15) is 13.2 Å². The normalized spacial score (nSPS) is 20.5. The van der Waals surface area contributed by atoms with Gasteiger partial charge < -0.3 is 14.7 Å². The minimum Gasteiger partial charge on any atom is -0.352 e. The van der Waals surface area contributed by atoms with Crippen molar-refractivity contribution >= 4 is 44.0 Å². The molecule has 1 aromatic carbocycles. The zero-order chi connectivity index (χ0) is 27.3. The quantitative estimate of drug-likeness (QED) is 0.502. The summed E-state index contributed by atoms with van der Waals surface area (Å²) in [6.45, 7) is 1.45. The first-order chi connectivity index (χ1) is 18.6. The predicted molar refractivity (Wildman–Crippen MR) is 149 cm³/mol.